The maximum absolute atomic E-state index is 6.05. The smallest absolute Gasteiger partial charge is 0.130 e. The number of halogens is 1. The topological polar surface area (TPSA) is 37.4 Å². The van der Waals surface area contributed by atoms with E-state index in [1.54, 1.807) is 6.20 Å². The number of nitrogens with zero attached hydrogens (tertiary/aromatic N) is 2. The van der Waals surface area contributed by atoms with Crippen LogP contribution in [0.25, 0.3) is 0 Å². The molecule has 1 N–H and O–H groups in total. The van der Waals surface area contributed by atoms with Crippen molar-refractivity contribution in [1.82, 2.24) is 15.2 Å². The number of ether oxygens (including phenoxy) is 1. The average Bonchev–Trinajstić information content (AvgIpc) is 2.62. The third-order valence-corrected chi connectivity index (χ3v) is 4.93. The summed E-state index contributed by atoms with van der Waals surface area (Å²) in [4.78, 5) is 6.87. The standard InChI is InChI=1S/C21H29N3O.ClH/c1-16-11-18(13-24-10-6-8-19(14-24)22-3)12-17(2)21(16)25-15-20-7-4-5-9-23-20;/h4-5,7,9,11-12,19,22H,6,8,10,13-15H2,1-3H3;1H. The molecule has 2 heterocycles. The van der Waals surface area contributed by atoms with Crippen LogP contribution in [-0.4, -0.2) is 36.1 Å². The summed E-state index contributed by atoms with van der Waals surface area (Å²) in [7, 11) is 2.07. The van der Waals surface area contributed by atoms with Gasteiger partial charge in [-0.1, -0.05) is 18.2 Å². The highest BCUT2D eigenvalue weighted by atomic mass is 35.5. The molecule has 0 amide bonds. The van der Waals surface area contributed by atoms with Crippen LogP contribution in [0.15, 0.2) is 36.5 Å². The van der Waals surface area contributed by atoms with Gasteiger partial charge in [0.15, 0.2) is 0 Å². The number of hydrogen-bond donors (Lipinski definition) is 1. The van der Waals surface area contributed by atoms with E-state index in [-0.39, 0.29) is 12.4 Å². The van der Waals surface area contributed by atoms with Gasteiger partial charge in [0.25, 0.3) is 0 Å². The van der Waals surface area contributed by atoms with E-state index >= 15 is 0 Å². The van der Waals surface area contributed by atoms with Crippen molar-refractivity contribution in [2.75, 3.05) is 20.1 Å². The molecule has 1 atom stereocenters. The molecular weight excluding hydrogens is 346 g/mol. The second-order valence-corrected chi connectivity index (χ2v) is 7.03. The Bertz CT molecular complexity index is 670. The first-order chi connectivity index (χ1) is 12.2. The molecule has 0 radical (unpaired) electrons. The molecule has 2 aromatic rings. The van der Waals surface area contributed by atoms with Crippen LogP contribution in [0.1, 0.15) is 35.2 Å². The van der Waals surface area contributed by atoms with Crippen molar-refractivity contribution < 1.29 is 4.74 Å². The van der Waals surface area contributed by atoms with E-state index < -0.39 is 0 Å². The Morgan fingerprint density at radius 3 is 2.65 bits per heavy atom. The van der Waals surface area contributed by atoms with Crippen molar-refractivity contribution in [3.63, 3.8) is 0 Å². The number of rotatable bonds is 6. The van der Waals surface area contributed by atoms with E-state index in [0.717, 1.165) is 24.5 Å². The molecule has 0 bridgehead atoms. The Morgan fingerprint density at radius 1 is 1.23 bits per heavy atom. The van der Waals surface area contributed by atoms with Gasteiger partial charge in [0.1, 0.15) is 12.4 Å². The summed E-state index contributed by atoms with van der Waals surface area (Å²) in [5.41, 5.74) is 4.73. The predicted molar refractivity (Wildman–Crippen MR) is 109 cm³/mol. The van der Waals surface area contributed by atoms with E-state index in [9.17, 15) is 0 Å². The van der Waals surface area contributed by atoms with Gasteiger partial charge in [-0.2, -0.15) is 0 Å². The van der Waals surface area contributed by atoms with Gasteiger partial charge in [0.2, 0.25) is 0 Å². The Balaban J connectivity index is 0.00000243. The minimum atomic E-state index is 0. The van der Waals surface area contributed by atoms with Gasteiger partial charge >= 0.3 is 0 Å². The zero-order valence-corrected chi connectivity index (χ0v) is 16.8. The van der Waals surface area contributed by atoms with Crippen LogP contribution >= 0.6 is 12.4 Å². The van der Waals surface area contributed by atoms with Gasteiger partial charge in [-0.05, 0) is 69.1 Å². The van der Waals surface area contributed by atoms with Crippen molar-refractivity contribution in [3.8, 4) is 5.75 Å². The molecule has 1 saturated heterocycles. The van der Waals surface area contributed by atoms with Crippen LogP contribution in [0, 0.1) is 13.8 Å². The number of pyridine rings is 1. The molecule has 1 unspecified atom stereocenters. The number of piperidine rings is 1. The van der Waals surface area contributed by atoms with Crippen molar-refractivity contribution in [3.05, 3.63) is 58.9 Å². The zero-order chi connectivity index (χ0) is 17.6. The predicted octanol–water partition coefficient (Wildman–Crippen LogP) is 3.88. The monoisotopic (exact) mass is 375 g/mol. The number of likely N-dealkylation sites (N-methyl/N-ethyl adjacent to an activating group) is 1. The van der Waals surface area contributed by atoms with Gasteiger partial charge in [0.05, 0.1) is 5.69 Å². The number of aryl methyl sites for hydroxylation is 2. The number of nitrogens with one attached hydrogen (secondary N) is 1. The highest BCUT2D eigenvalue weighted by Crippen LogP contribution is 2.26. The normalized spacial score (nSPS) is 17.6. The third kappa shape index (κ3) is 5.44. The maximum atomic E-state index is 6.05. The maximum Gasteiger partial charge on any atom is 0.130 e. The lowest BCUT2D eigenvalue weighted by atomic mass is 10.0. The molecule has 1 aromatic heterocycles. The number of benzene rings is 1. The summed E-state index contributed by atoms with van der Waals surface area (Å²) >= 11 is 0. The van der Waals surface area contributed by atoms with E-state index in [1.165, 1.54) is 36.1 Å². The molecule has 4 nitrogen and oxygen atoms in total. The first kappa shape index (κ1) is 20.7. The molecule has 142 valence electrons. The Labute approximate surface area is 163 Å². The van der Waals surface area contributed by atoms with Crippen LogP contribution in [0.3, 0.4) is 0 Å². The lowest BCUT2D eigenvalue weighted by Gasteiger charge is -2.32. The molecule has 5 heteroatoms. The quantitative estimate of drug-likeness (QED) is 0.831. The minimum absolute atomic E-state index is 0. The zero-order valence-electron chi connectivity index (χ0n) is 16.0. The largest absolute Gasteiger partial charge is 0.487 e. The molecule has 0 spiro atoms. The lowest BCUT2D eigenvalue weighted by Crippen LogP contribution is -2.43. The molecule has 1 aromatic carbocycles. The van der Waals surface area contributed by atoms with Crippen LogP contribution in [0.2, 0.25) is 0 Å². The second kappa shape index (κ2) is 9.91. The molecular formula is C21H30ClN3O. The van der Waals surface area contributed by atoms with E-state index in [2.05, 4.69) is 48.2 Å². The van der Waals surface area contributed by atoms with Crippen LogP contribution < -0.4 is 10.1 Å². The SMILES string of the molecule is CNC1CCCN(Cc2cc(C)c(OCc3ccccn3)c(C)c2)C1.Cl. The molecule has 3 rings (SSSR count). The second-order valence-electron chi connectivity index (χ2n) is 7.03. The van der Waals surface area contributed by atoms with E-state index in [4.69, 9.17) is 4.74 Å². The van der Waals surface area contributed by atoms with Gasteiger partial charge in [-0.25, -0.2) is 0 Å². The summed E-state index contributed by atoms with van der Waals surface area (Å²) in [5.74, 6) is 0.987. The molecule has 1 aliphatic heterocycles. The van der Waals surface area contributed by atoms with Crippen molar-refractivity contribution >= 4 is 12.4 Å². The molecule has 0 saturated carbocycles. The van der Waals surface area contributed by atoms with Crippen LogP contribution in [0.5, 0.6) is 5.75 Å². The fraction of sp³-hybridized carbons (Fsp3) is 0.476. The molecule has 26 heavy (non-hydrogen) atoms. The fourth-order valence-electron chi connectivity index (χ4n) is 3.68. The fourth-order valence-corrected chi connectivity index (χ4v) is 3.68. The molecule has 0 aliphatic carbocycles. The van der Waals surface area contributed by atoms with Crippen molar-refractivity contribution in [2.45, 2.75) is 45.9 Å². The van der Waals surface area contributed by atoms with Gasteiger partial charge < -0.3 is 10.1 Å². The summed E-state index contributed by atoms with van der Waals surface area (Å²) < 4.78 is 6.05. The number of aromatic nitrogens is 1. The number of likely N-dealkylation sites (tertiary alicyclic amines) is 1. The highest BCUT2D eigenvalue weighted by Gasteiger charge is 2.19. The number of hydrogen-bond acceptors (Lipinski definition) is 4. The van der Waals surface area contributed by atoms with E-state index in [0.29, 0.717) is 12.6 Å². The van der Waals surface area contributed by atoms with Crippen LogP contribution in [0.4, 0.5) is 0 Å². The molecule has 1 fully saturated rings. The average molecular weight is 376 g/mol. The van der Waals surface area contributed by atoms with Crippen molar-refractivity contribution in [1.29, 1.82) is 0 Å². The first-order valence-corrected chi connectivity index (χ1v) is 9.18. The summed E-state index contributed by atoms with van der Waals surface area (Å²) in [6.45, 7) is 8.12. The minimum Gasteiger partial charge on any atom is -0.487 e. The Hall–Kier alpha value is -1.62. The van der Waals surface area contributed by atoms with Crippen molar-refractivity contribution in [2.24, 2.45) is 0 Å². The first-order valence-electron chi connectivity index (χ1n) is 9.18. The lowest BCUT2D eigenvalue weighted by molar-refractivity contribution is 0.188. The van der Waals surface area contributed by atoms with Gasteiger partial charge in [-0.15, -0.1) is 12.4 Å². The highest BCUT2D eigenvalue weighted by molar-refractivity contribution is 5.85. The van der Waals surface area contributed by atoms with Gasteiger partial charge in [0, 0.05) is 25.3 Å². The summed E-state index contributed by atoms with van der Waals surface area (Å²) in [6, 6.07) is 11.1. The van der Waals surface area contributed by atoms with E-state index in [1.807, 2.05) is 18.2 Å². The van der Waals surface area contributed by atoms with Gasteiger partial charge in [-0.3, -0.25) is 9.88 Å². The Kier molecular flexibility index (Phi) is 7.88. The molecule has 1 aliphatic rings. The third-order valence-electron chi connectivity index (χ3n) is 4.93. The summed E-state index contributed by atoms with van der Waals surface area (Å²) in [6.07, 6.45) is 4.36. The van der Waals surface area contributed by atoms with Crippen LogP contribution in [-0.2, 0) is 13.2 Å². The summed E-state index contributed by atoms with van der Waals surface area (Å²) in [5, 5.41) is 3.42. The Morgan fingerprint density at radius 2 is 2.00 bits per heavy atom.